The number of hydrogen-bond acceptors (Lipinski definition) is 3. The van der Waals surface area contributed by atoms with Gasteiger partial charge in [0.25, 0.3) is 0 Å². The molecule has 19 heavy (non-hydrogen) atoms. The number of aromatic nitrogens is 1. The van der Waals surface area contributed by atoms with Crippen molar-refractivity contribution in [3.8, 4) is 0 Å². The van der Waals surface area contributed by atoms with Crippen LogP contribution in [0.5, 0.6) is 0 Å². The fourth-order valence-corrected chi connectivity index (χ4v) is 2.60. The lowest BCUT2D eigenvalue weighted by atomic mass is 9.97. The standard InChI is InChI=1S/C14H19FN2O2/c1-9-5-3-2-4-6-12(9)17-13-11(14(18)19)7-10(15)8-16-13/h7-9,12H,2-6H2,1H3,(H,16,17)(H,18,19). The number of hydrogen-bond donors (Lipinski definition) is 2. The van der Waals surface area contributed by atoms with E-state index in [1.807, 2.05) is 0 Å². The molecule has 1 heterocycles. The minimum atomic E-state index is -1.16. The number of carboxylic acids is 1. The maximum atomic E-state index is 13.1. The van der Waals surface area contributed by atoms with Crippen molar-refractivity contribution in [2.24, 2.45) is 5.92 Å². The number of rotatable bonds is 3. The molecule has 4 nitrogen and oxygen atoms in total. The molecule has 0 bridgehead atoms. The molecule has 1 fully saturated rings. The molecule has 1 aliphatic carbocycles. The summed E-state index contributed by atoms with van der Waals surface area (Å²) >= 11 is 0. The predicted octanol–water partition coefficient (Wildman–Crippen LogP) is 3.30. The first-order valence-electron chi connectivity index (χ1n) is 6.73. The molecule has 0 saturated heterocycles. The van der Waals surface area contributed by atoms with Gasteiger partial charge in [0.05, 0.1) is 6.20 Å². The summed E-state index contributed by atoms with van der Waals surface area (Å²) in [5.41, 5.74) is -0.101. The third-order valence-electron chi connectivity index (χ3n) is 3.77. The fourth-order valence-electron chi connectivity index (χ4n) is 2.60. The van der Waals surface area contributed by atoms with E-state index in [-0.39, 0.29) is 17.4 Å². The van der Waals surface area contributed by atoms with Crippen molar-refractivity contribution in [3.05, 3.63) is 23.6 Å². The molecular weight excluding hydrogens is 247 g/mol. The fraction of sp³-hybridized carbons (Fsp3) is 0.571. The van der Waals surface area contributed by atoms with Crippen molar-refractivity contribution in [1.29, 1.82) is 0 Å². The van der Waals surface area contributed by atoms with E-state index in [1.165, 1.54) is 12.8 Å². The van der Waals surface area contributed by atoms with Crippen molar-refractivity contribution in [3.63, 3.8) is 0 Å². The number of pyridine rings is 1. The van der Waals surface area contributed by atoms with Crippen LogP contribution in [0.1, 0.15) is 49.4 Å². The number of nitrogens with one attached hydrogen (secondary N) is 1. The minimum absolute atomic E-state index is 0.101. The van der Waals surface area contributed by atoms with Crippen LogP contribution < -0.4 is 5.32 Å². The summed E-state index contributed by atoms with van der Waals surface area (Å²) in [7, 11) is 0. The van der Waals surface area contributed by atoms with E-state index in [0.29, 0.717) is 5.92 Å². The SMILES string of the molecule is CC1CCCCCC1Nc1ncc(F)cc1C(=O)O. The van der Waals surface area contributed by atoms with Gasteiger partial charge in [-0.2, -0.15) is 0 Å². The Balaban J connectivity index is 2.19. The van der Waals surface area contributed by atoms with Crippen LogP contribution in [0, 0.1) is 11.7 Å². The van der Waals surface area contributed by atoms with Crippen LogP contribution in [0.4, 0.5) is 10.2 Å². The van der Waals surface area contributed by atoms with E-state index >= 15 is 0 Å². The Labute approximate surface area is 112 Å². The summed E-state index contributed by atoms with van der Waals surface area (Å²) in [6.07, 6.45) is 6.73. The van der Waals surface area contributed by atoms with Crippen LogP contribution >= 0.6 is 0 Å². The van der Waals surface area contributed by atoms with E-state index in [2.05, 4.69) is 17.2 Å². The molecule has 5 heteroatoms. The van der Waals surface area contributed by atoms with Crippen LogP contribution in [0.25, 0.3) is 0 Å². The van der Waals surface area contributed by atoms with Crippen molar-refractivity contribution in [2.45, 2.75) is 45.1 Å². The summed E-state index contributed by atoms with van der Waals surface area (Å²) in [5.74, 6) is -1.05. The lowest BCUT2D eigenvalue weighted by Gasteiger charge is -2.24. The van der Waals surface area contributed by atoms with Crippen LogP contribution in [-0.4, -0.2) is 22.1 Å². The number of carboxylic acid groups (broad SMARTS) is 1. The van der Waals surface area contributed by atoms with Crippen LogP contribution in [0.3, 0.4) is 0 Å². The third-order valence-corrected chi connectivity index (χ3v) is 3.77. The predicted molar refractivity (Wildman–Crippen MR) is 70.8 cm³/mol. The van der Waals surface area contributed by atoms with Gasteiger partial charge in [0.1, 0.15) is 17.2 Å². The van der Waals surface area contributed by atoms with E-state index in [4.69, 9.17) is 5.11 Å². The van der Waals surface area contributed by atoms with Crippen molar-refractivity contribution >= 4 is 11.8 Å². The summed E-state index contributed by atoms with van der Waals surface area (Å²) in [6, 6.07) is 1.22. The molecule has 2 N–H and O–H groups in total. The van der Waals surface area contributed by atoms with Gasteiger partial charge in [0, 0.05) is 6.04 Å². The molecule has 2 rings (SSSR count). The molecule has 0 aromatic carbocycles. The summed E-state index contributed by atoms with van der Waals surface area (Å²) < 4.78 is 13.1. The lowest BCUT2D eigenvalue weighted by molar-refractivity contribution is 0.0697. The monoisotopic (exact) mass is 266 g/mol. The summed E-state index contributed by atoms with van der Waals surface area (Å²) in [4.78, 5) is 15.0. The number of nitrogens with zero attached hydrogens (tertiary/aromatic N) is 1. The Hall–Kier alpha value is -1.65. The second-order valence-corrected chi connectivity index (χ2v) is 5.22. The smallest absolute Gasteiger partial charge is 0.339 e. The zero-order valence-electron chi connectivity index (χ0n) is 11.0. The van der Waals surface area contributed by atoms with Crippen molar-refractivity contribution in [2.75, 3.05) is 5.32 Å². The van der Waals surface area contributed by atoms with E-state index in [0.717, 1.165) is 31.5 Å². The molecule has 2 atom stereocenters. The molecule has 104 valence electrons. The Bertz CT molecular complexity index is 465. The molecule has 0 aliphatic heterocycles. The van der Waals surface area contributed by atoms with Gasteiger partial charge >= 0.3 is 5.97 Å². The van der Waals surface area contributed by atoms with Gasteiger partial charge in [-0.05, 0) is 24.8 Å². The first kappa shape index (κ1) is 13.8. The first-order valence-corrected chi connectivity index (χ1v) is 6.73. The molecule has 1 aliphatic rings. The van der Waals surface area contributed by atoms with Crippen LogP contribution in [0.15, 0.2) is 12.3 Å². The third kappa shape index (κ3) is 3.43. The first-order chi connectivity index (χ1) is 9.08. The maximum Gasteiger partial charge on any atom is 0.339 e. The molecule has 2 unspecified atom stereocenters. The van der Waals surface area contributed by atoms with E-state index in [9.17, 15) is 9.18 Å². The minimum Gasteiger partial charge on any atom is -0.478 e. The van der Waals surface area contributed by atoms with Crippen LogP contribution in [0.2, 0.25) is 0 Å². The van der Waals surface area contributed by atoms with Gasteiger partial charge in [-0.15, -0.1) is 0 Å². The molecule has 1 saturated carbocycles. The van der Waals surface area contributed by atoms with Crippen LogP contribution in [-0.2, 0) is 0 Å². The average Bonchev–Trinajstić information content (AvgIpc) is 2.57. The van der Waals surface area contributed by atoms with Gasteiger partial charge in [-0.1, -0.05) is 26.2 Å². The van der Waals surface area contributed by atoms with Gasteiger partial charge in [-0.25, -0.2) is 14.2 Å². The van der Waals surface area contributed by atoms with Crippen molar-refractivity contribution in [1.82, 2.24) is 4.98 Å². The second-order valence-electron chi connectivity index (χ2n) is 5.22. The zero-order valence-corrected chi connectivity index (χ0v) is 11.0. The van der Waals surface area contributed by atoms with Gasteiger partial charge in [0.15, 0.2) is 0 Å². The molecule has 1 aromatic rings. The Kier molecular flexibility index (Phi) is 4.35. The Morgan fingerprint density at radius 3 is 2.89 bits per heavy atom. The highest BCUT2D eigenvalue weighted by atomic mass is 19.1. The number of aromatic carboxylic acids is 1. The largest absolute Gasteiger partial charge is 0.478 e. The summed E-state index contributed by atoms with van der Waals surface area (Å²) in [6.45, 7) is 2.16. The maximum absolute atomic E-state index is 13.1. The molecular formula is C14H19FN2O2. The highest BCUT2D eigenvalue weighted by molar-refractivity contribution is 5.93. The Morgan fingerprint density at radius 2 is 2.16 bits per heavy atom. The highest BCUT2D eigenvalue weighted by Gasteiger charge is 2.22. The average molecular weight is 266 g/mol. The number of carbonyl (C=O) groups is 1. The molecule has 0 radical (unpaired) electrons. The highest BCUT2D eigenvalue weighted by Crippen LogP contribution is 2.26. The molecule has 0 amide bonds. The molecule has 1 aromatic heterocycles. The quantitative estimate of drug-likeness (QED) is 0.824. The zero-order chi connectivity index (χ0) is 13.8. The van der Waals surface area contributed by atoms with Gasteiger partial charge < -0.3 is 10.4 Å². The Morgan fingerprint density at radius 1 is 1.42 bits per heavy atom. The summed E-state index contributed by atoms with van der Waals surface area (Å²) in [5, 5.41) is 12.3. The topological polar surface area (TPSA) is 62.2 Å². The molecule has 0 spiro atoms. The number of halogens is 1. The van der Waals surface area contributed by atoms with Gasteiger partial charge in [0.2, 0.25) is 0 Å². The van der Waals surface area contributed by atoms with Gasteiger partial charge in [-0.3, -0.25) is 0 Å². The van der Waals surface area contributed by atoms with Crippen molar-refractivity contribution < 1.29 is 14.3 Å². The lowest BCUT2D eigenvalue weighted by Crippen LogP contribution is -2.27. The normalized spacial score (nSPS) is 23.7. The van der Waals surface area contributed by atoms with E-state index < -0.39 is 11.8 Å². The second kappa shape index (κ2) is 5.99. The van der Waals surface area contributed by atoms with E-state index in [1.54, 1.807) is 0 Å². The number of anilines is 1.